The van der Waals surface area contributed by atoms with Crippen molar-refractivity contribution >= 4 is 34.9 Å². The lowest BCUT2D eigenvalue weighted by molar-refractivity contribution is 0.302. The number of anilines is 6. The molecule has 0 saturated heterocycles. The van der Waals surface area contributed by atoms with Crippen molar-refractivity contribution in [2.45, 2.75) is 234 Å². The summed E-state index contributed by atoms with van der Waals surface area (Å²) in [5, 5.41) is 10.3. The molecule has 0 aliphatic carbocycles. The Bertz CT molecular complexity index is 1710. The van der Waals surface area contributed by atoms with Crippen LogP contribution in [0.2, 0.25) is 0 Å². The van der Waals surface area contributed by atoms with Gasteiger partial charge in [-0.05, 0) is 111 Å². The van der Waals surface area contributed by atoms with Gasteiger partial charge in [-0.3, -0.25) is 0 Å². The van der Waals surface area contributed by atoms with Crippen LogP contribution in [0.4, 0.5) is 34.9 Å². The molecule has 1 aromatic heterocycles. The predicted octanol–water partition coefficient (Wildman–Crippen LogP) is 18.9. The van der Waals surface area contributed by atoms with E-state index < -0.39 is 0 Å². The quantitative estimate of drug-likeness (QED) is 0.0375. The summed E-state index contributed by atoms with van der Waals surface area (Å²) in [7, 11) is 0. The second-order valence-corrected chi connectivity index (χ2v) is 19.7. The second-order valence-electron chi connectivity index (χ2n) is 19.7. The molecule has 4 rings (SSSR count). The van der Waals surface area contributed by atoms with Gasteiger partial charge in [-0.2, -0.15) is 15.0 Å². The van der Waals surface area contributed by atoms with Crippen LogP contribution in [0.25, 0.3) is 0 Å². The van der Waals surface area contributed by atoms with Gasteiger partial charge in [0.05, 0.1) is 19.8 Å². The molecule has 0 amide bonds. The smallest absolute Gasteiger partial charge is 0.233 e. The van der Waals surface area contributed by atoms with E-state index in [-0.39, 0.29) is 0 Å². The molecule has 0 bridgehead atoms. The first-order chi connectivity index (χ1) is 33.9. The predicted molar refractivity (Wildman–Crippen MR) is 295 cm³/mol. The Balaban J connectivity index is 1.33. The Morgan fingerprint density at radius 2 is 0.522 bits per heavy atom. The minimum Gasteiger partial charge on any atom is -0.493 e. The van der Waals surface area contributed by atoms with Crippen LogP contribution in [-0.2, 0) is 0 Å². The highest BCUT2D eigenvalue weighted by atomic mass is 16.5. The topological polar surface area (TPSA) is 102 Å². The highest BCUT2D eigenvalue weighted by Crippen LogP contribution is 2.29. The van der Waals surface area contributed by atoms with Crippen LogP contribution in [0, 0.1) is 20.8 Å². The summed E-state index contributed by atoms with van der Waals surface area (Å²) < 4.78 is 18.7. The monoisotopic (exact) mass is 949 g/mol. The van der Waals surface area contributed by atoms with Crippen LogP contribution < -0.4 is 30.2 Å². The van der Waals surface area contributed by atoms with Crippen LogP contribution in [-0.4, -0.2) is 34.8 Å². The number of hydrogen-bond donors (Lipinski definition) is 3. The molecule has 69 heavy (non-hydrogen) atoms. The van der Waals surface area contributed by atoms with Gasteiger partial charge in [0, 0.05) is 17.1 Å². The van der Waals surface area contributed by atoms with Crippen molar-refractivity contribution in [3.63, 3.8) is 0 Å². The van der Waals surface area contributed by atoms with Crippen molar-refractivity contribution in [1.29, 1.82) is 0 Å². The SMILES string of the molecule is CCCCCCCCCCCCOc1ccc(Nc2nc(Nc3ccc(OCCCCCCCCCCCC)c(C)c3)nc(Nc3ccc(OCCCCCCCCCCCC)c(C)c3)n2)cc1C. The molecule has 0 unspecified atom stereocenters. The van der Waals surface area contributed by atoms with E-state index in [0.29, 0.717) is 17.8 Å². The number of nitrogens with zero attached hydrogens (tertiary/aromatic N) is 3. The lowest BCUT2D eigenvalue weighted by atomic mass is 10.1. The minimum absolute atomic E-state index is 0.426. The first-order valence-electron chi connectivity index (χ1n) is 28.2. The zero-order chi connectivity index (χ0) is 49.0. The summed E-state index contributed by atoms with van der Waals surface area (Å²) in [6, 6.07) is 18.5. The van der Waals surface area contributed by atoms with Crippen LogP contribution in [0.1, 0.15) is 230 Å². The van der Waals surface area contributed by atoms with Crippen molar-refractivity contribution in [1.82, 2.24) is 15.0 Å². The molecule has 0 aliphatic heterocycles. The molecule has 0 aliphatic rings. The summed E-state index contributed by atoms with van der Waals surface area (Å²) in [5.41, 5.74) is 5.82. The number of unbranched alkanes of at least 4 members (excludes halogenated alkanes) is 27. The van der Waals surface area contributed by atoms with Gasteiger partial charge in [0.25, 0.3) is 0 Å². The molecule has 3 aromatic carbocycles. The Kier molecular flexibility index (Phi) is 30.1. The molecule has 0 radical (unpaired) electrons. The molecule has 9 heteroatoms. The van der Waals surface area contributed by atoms with Gasteiger partial charge in [0.1, 0.15) is 17.2 Å². The van der Waals surface area contributed by atoms with Crippen LogP contribution in [0.3, 0.4) is 0 Å². The highest BCUT2D eigenvalue weighted by molar-refractivity contribution is 5.64. The van der Waals surface area contributed by atoms with E-state index in [1.54, 1.807) is 0 Å². The van der Waals surface area contributed by atoms with Gasteiger partial charge in [0.15, 0.2) is 0 Å². The molecule has 1 heterocycles. The van der Waals surface area contributed by atoms with Crippen molar-refractivity contribution in [2.75, 3.05) is 35.8 Å². The van der Waals surface area contributed by atoms with Crippen LogP contribution in [0.15, 0.2) is 54.6 Å². The Hall–Kier alpha value is -4.53. The zero-order valence-electron chi connectivity index (χ0n) is 44.6. The largest absolute Gasteiger partial charge is 0.493 e. The Morgan fingerprint density at radius 1 is 0.304 bits per heavy atom. The number of aromatic nitrogens is 3. The number of nitrogens with one attached hydrogen (secondary N) is 3. The molecule has 4 aromatic rings. The maximum atomic E-state index is 6.23. The Labute approximate surface area is 420 Å². The van der Waals surface area contributed by atoms with Crippen LogP contribution in [0.5, 0.6) is 17.2 Å². The summed E-state index contributed by atoms with van der Waals surface area (Å²) in [4.78, 5) is 14.5. The molecule has 0 saturated carbocycles. The fraction of sp³-hybridized carbons (Fsp3) is 0.650. The van der Waals surface area contributed by atoms with Crippen molar-refractivity contribution < 1.29 is 14.2 Å². The van der Waals surface area contributed by atoms with Crippen molar-refractivity contribution in [3.05, 3.63) is 71.3 Å². The van der Waals surface area contributed by atoms with Gasteiger partial charge in [-0.15, -0.1) is 0 Å². The van der Waals surface area contributed by atoms with E-state index in [4.69, 9.17) is 29.2 Å². The zero-order valence-corrected chi connectivity index (χ0v) is 44.6. The number of aryl methyl sites for hydroxylation is 3. The molecule has 0 fully saturated rings. The molecular formula is C60H96N6O3. The average molecular weight is 949 g/mol. The molecule has 0 atom stereocenters. The molecular weight excluding hydrogens is 853 g/mol. The standard InChI is InChI=1S/C60H96N6O3/c1-7-10-13-16-19-22-25-28-31-34-43-67-55-40-37-52(46-49(55)4)61-58-64-59(62-53-38-41-56(50(5)47-53)68-44-35-32-29-26-23-20-17-14-11-8-2)66-60(65-58)63-54-39-42-57(51(6)48-54)69-45-36-33-30-27-24-21-18-15-12-9-3/h37-42,46-48H,7-36,43-45H2,1-6H3,(H3,61,62,63,64,65,66). The van der Waals surface area contributed by atoms with Crippen molar-refractivity contribution in [3.8, 4) is 17.2 Å². The van der Waals surface area contributed by atoms with Gasteiger partial charge in [-0.1, -0.05) is 194 Å². The van der Waals surface area contributed by atoms with Gasteiger partial charge < -0.3 is 30.2 Å². The van der Waals surface area contributed by atoms with E-state index in [1.165, 1.54) is 173 Å². The first-order valence-corrected chi connectivity index (χ1v) is 28.2. The Morgan fingerprint density at radius 3 is 0.739 bits per heavy atom. The number of benzene rings is 3. The number of rotatable bonds is 42. The molecule has 0 spiro atoms. The lowest BCUT2D eigenvalue weighted by Gasteiger charge is -2.15. The third-order valence-corrected chi connectivity index (χ3v) is 13.2. The van der Waals surface area contributed by atoms with Crippen LogP contribution >= 0.6 is 0 Å². The third-order valence-electron chi connectivity index (χ3n) is 13.2. The number of ether oxygens (including phenoxy) is 3. The molecule has 384 valence electrons. The van der Waals surface area contributed by atoms with Gasteiger partial charge >= 0.3 is 0 Å². The fourth-order valence-electron chi connectivity index (χ4n) is 8.91. The summed E-state index contributed by atoms with van der Waals surface area (Å²) in [6.07, 6.45) is 39.3. The fourth-order valence-corrected chi connectivity index (χ4v) is 8.91. The normalized spacial score (nSPS) is 11.2. The maximum absolute atomic E-state index is 6.23. The maximum Gasteiger partial charge on any atom is 0.233 e. The average Bonchev–Trinajstić information content (AvgIpc) is 3.33. The summed E-state index contributed by atoms with van der Waals surface area (Å²) in [6.45, 7) is 15.3. The summed E-state index contributed by atoms with van der Waals surface area (Å²) in [5.74, 6) is 4.01. The van der Waals surface area contributed by atoms with Gasteiger partial charge in [-0.25, -0.2) is 0 Å². The molecule has 9 nitrogen and oxygen atoms in total. The molecule has 3 N–H and O–H groups in total. The number of hydrogen-bond acceptors (Lipinski definition) is 9. The van der Waals surface area contributed by atoms with E-state index in [9.17, 15) is 0 Å². The van der Waals surface area contributed by atoms with E-state index >= 15 is 0 Å². The van der Waals surface area contributed by atoms with E-state index in [1.807, 2.05) is 36.4 Å². The lowest BCUT2D eigenvalue weighted by Crippen LogP contribution is -2.08. The third kappa shape index (κ3) is 25.2. The van der Waals surface area contributed by atoms with E-state index in [2.05, 4.69) is 75.7 Å². The second kappa shape index (κ2) is 36.4. The highest BCUT2D eigenvalue weighted by Gasteiger charge is 2.12. The minimum atomic E-state index is 0.426. The van der Waals surface area contributed by atoms with Gasteiger partial charge in [0.2, 0.25) is 17.8 Å². The van der Waals surface area contributed by atoms with E-state index in [0.717, 1.165) is 90.1 Å². The van der Waals surface area contributed by atoms with Crippen molar-refractivity contribution in [2.24, 2.45) is 0 Å². The first kappa shape index (κ1) is 57.1. The summed E-state index contributed by atoms with van der Waals surface area (Å²) >= 11 is 0.